The molecule has 0 aliphatic rings. The zero-order valence-electron chi connectivity index (χ0n) is 8.16. The third kappa shape index (κ3) is 3.10. The summed E-state index contributed by atoms with van der Waals surface area (Å²) >= 11 is 3.36. The maximum absolute atomic E-state index is 11.5. The zero-order valence-corrected chi connectivity index (χ0v) is 9.75. The Morgan fingerprint density at radius 3 is 3.07 bits per heavy atom. The third-order valence-electron chi connectivity index (χ3n) is 1.80. The summed E-state index contributed by atoms with van der Waals surface area (Å²) < 4.78 is 1.99. The Kier molecular flexibility index (Phi) is 4.59. The quantitative estimate of drug-likeness (QED) is 0.637. The largest absolute Gasteiger partial charge is 0.352 e. The SMILES string of the molecule is CCNC(=O)c1ccc[n+](CCBr)c1. The van der Waals surface area contributed by atoms with Gasteiger partial charge >= 0.3 is 0 Å². The van der Waals surface area contributed by atoms with Crippen molar-refractivity contribution in [3.63, 3.8) is 0 Å². The fourth-order valence-electron chi connectivity index (χ4n) is 1.16. The number of carbonyl (C=O) groups excluding carboxylic acids is 1. The molecular weight excluding hydrogens is 244 g/mol. The smallest absolute Gasteiger partial charge is 0.257 e. The van der Waals surface area contributed by atoms with Crippen molar-refractivity contribution in [3.8, 4) is 0 Å². The Bertz CT molecular complexity index is 315. The molecule has 1 amide bonds. The maximum atomic E-state index is 11.5. The molecule has 0 spiro atoms. The van der Waals surface area contributed by atoms with Crippen molar-refractivity contribution in [2.24, 2.45) is 0 Å². The van der Waals surface area contributed by atoms with Gasteiger partial charge in [-0.25, -0.2) is 4.57 Å². The van der Waals surface area contributed by atoms with Gasteiger partial charge in [-0.15, -0.1) is 0 Å². The van der Waals surface area contributed by atoms with Crippen molar-refractivity contribution >= 4 is 21.8 Å². The lowest BCUT2D eigenvalue weighted by Gasteiger charge is -2.00. The van der Waals surface area contributed by atoms with Gasteiger partial charge in [-0.1, -0.05) is 15.9 Å². The van der Waals surface area contributed by atoms with E-state index in [4.69, 9.17) is 0 Å². The number of halogens is 1. The number of amides is 1. The predicted molar refractivity (Wildman–Crippen MR) is 58.4 cm³/mol. The molecule has 0 unspecified atom stereocenters. The average Bonchev–Trinajstić information content (AvgIpc) is 2.19. The van der Waals surface area contributed by atoms with E-state index in [9.17, 15) is 4.79 Å². The number of carbonyl (C=O) groups is 1. The van der Waals surface area contributed by atoms with Crippen molar-refractivity contribution < 1.29 is 9.36 Å². The average molecular weight is 258 g/mol. The first kappa shape index (κ1) is 11.2. The second-order valence-corrected chi connectivity index (χ2v) is 3.67. The monoisotopic (exact) mass is 257 g/mol. The zero-order chi connectivity index (χ0) is 10.4. The Morgan fingerprint density at radius 1 is 1.64 bits per heavy atom. The molecule has 1 rings (SSSR count). The summed E-state index contributed by atoms with van der Waals surface area (Å²) in [5.41, 5.74) is 0.704. The number of aromatic nitrogens is 1. The second kappa shape index (κ2) is 5.75. The summed E-state index contributed by atoms with van der Waals surface area (Å²) in [4.78, 5) is 11.5. The third-order valence-corrected chi connectivity index (χ3v) is 2.16. The van der Waals surface area contributed by atoms with Crippen LogP contribution in [0.15, 0.2) is 24.5 Å². The van der Waals surface area contributed by atoms with Gasteiger partial charge in [0.1, 0.15) is 5.56 Å². The van der Waals surface area contributed by atoms with E-state index in [1.165, 1.54) is 0 Å². The summed E-state index contributed by atoms with van der Waals surface area (Å²) in [6.07, 6.45) is 3.80. The minimum absolute atomic E-state index is 0.0172. The number of aryl methyl sites for hydroxylation is 1. The summed E-state index contributed by atoms with van der Waals surface area (Å²) in [7, 11) is 0. The van der Waals surface area contributed by atoms with Gasteiger partial charge in [0.25, 0.3) is 5.91 Å². The topological polar surface area (TPSA) is 33.0 Å². The molecule has 0 atom stereocenters. The van der Waals surface area contributed by atoms with Crippen LogP contribution >= 0.6 is 15.9 Å². The molecule has 0 bridgehead atoms. The van der Waals surface area contributed by atoms with Crippen molar-refractivity contribution in [3.05, 3.63) is 30.1 Å². The second-order valence-electron chi connectivity index (χ2n) is 2.88. The van der Waals surface area contributed by atoms with E-state index in [-0.39, 0.29) is 5.91 Å². The van der Waals surface area contributed by atoms with Crippen molar-refractivity contribution in [1.82, 2.24) is 5.32 Å². The number of alkyl halides is 1. The molecule has 14 heavy (non-hydrogen) atoms. The number of pyridine rings is 1. The van der Waals surface area contributed by atoms with Gasteiger partial charge in [0.05, 0.1) is 5.33 Å². The van der Waals surface area contributed by atoms with Gasteiger partial charge in [0, 0.05) is 12.6 Å². The van der Waals surface area contributed by atoms with Crippen LogP contribution in [0.4, 0.5) is 0 Å². The molecule has 1 N–H and O–H groups in total. The lowest BCUT2D eigenvalue weighted by atomic mass is 10.2. The summed E-state index contributed by atoms with van der Waals surface area (Å²) in [6.45, 7) is 3.44. The van der Waals surface area contributed by atoms with Crippen molar-refractivity contribution in [1.29, 1.82) is 0 Å². The molecule has 0 aliphatic heterocycles. The molecule has 0 saturated carbocycles. The molecule has 76 valence electrons. The summed E-state index contributed by atoms with van der Waals surface area (Å²) in [5, 5.41) is 3.65. The van der Waals surface area contributed by atoms with E-state index in [0.717, 1.165) is 11.9 Å². The van der Waals surface area contributed by atoms with Crippen LogP contribution in [-0.2, 0) is 6.54 Å². The number of rotatable bonds is 4. The van der Waals surface area contributed by atoms with E-state index < -0.39 is 0 Å². The highest BCUT2D eigenvalue weighted by Crippen LogP contribution is 1.94. The number of hydrogen-bond acceptors (Lipinski definition) is 1. The van der Waals surface area contributed by atoms with Crippen molar-refractivity contribution in [2.75, 3.05) is 11.9 Å². The van der Waals surface area contributed by atoms with Crippen LogP contribution in [0.1, 0.15) is 17.3 Å². The fraction of sp³-hybridized carbons (Fsp3) is 0.400. The van der Waals surface area contributed by atoms with Gasteiger partial charge in [0.15, 0.2) is 18.9 Å². The molecule has 0 saturated heterocycles. The molecule has 0 radical (unpaired) electrons. The van der Waals surface area contributed by atoms with Crippen molar-refractivity contribution in [2.45, 2.75) is 13.5 Å². The molecule has 1 aromatic rings. The Labute approximate surface area is 92.3 Å². The van der Waals surface area contributed by atoms with Crippen LogP contribution in [0, 0.1) is 0 Å². The molecule has 1 heterocycles. The number of nitrogens with one attached hydrogen (secondary N) is 1. The standard InChI is InChI=1S/C10H13BrN2O/c1-2-12-10(14)9-4-3-6-13(8-9)7-5-11/h3-4,6,8H,2,5,7H2,1H3/p+1. The number of nitrogens with zero attached hydrogens (tertiary/aromatic N) is 1. The van der Waals surface area contributed by atoms with Gasteiger partial charge in [-0.2, -0.15) is 0 Å². The molecule has 0 aromatic carbocycles. The lowest BCUT2D eigenvalue weighted by molar-refractivity contribution is -0.692. The normalized spacial score (nSPS) is 9.86. The highest BCUT2D eigenvalue weighted by Gasteiger charge is 2.08. The summed E-state index contributed by atoms with van der Waals surface area (Å²) in [5.74, 6) is -0.0172. The first-order valence-corrected chi connectivity index (χ1v) is 5.73. The van der Waals surface area contributed by atoms with Crippen LogP contribution in [0.5, 0.6) is 0 Å². The Morgan fingerprint density at radius 2 is 2.43 bits per heavy atom. The Hall–Kier alpha value is -0.900. The van der Waals surface area contributed by atoms with Crippen LogP contribution < -0.4 is 9.88 Å². The molecule has 4 heteroatoms. The van der Waals surface area contributed by atoms with Crippen LogP contribution in [0.2, 0.25) is 0 Å². The van der Waals surface area contributed by atoms with Crippen LogP contribution in [-0.4, -0.2) is 17.8 Å². The van der Waals surface area contributed by atoms with E-state index in [2.05, 4.69) is 21.2 Å². The van der Waals surface area contributed by atoms with E-state index in [0.29, 0.717) is 12.1 Å². The van der Waals surface area contributed by atoms with Gasteiger partial charge in [-0.3, -0.25) is 4.79 Å². The van der Waals surface area contributed by atoms with E-state index >= 15 is 0 Å². The summed E-state index contributed by atoms with van der Waals surface area (Å²) in [6, 6.07) is 3.70. The minimum Gasteiger partial charge on any atom is -0.352 e. The van der Waals surface area contributed by atoms with E-state index in [1.807, 2.05) is 36.0 Å². The van der Waals surface area contributed by atoms with Gasteiger partial charge in [-0.05, 0) is 13.0 Å². The highest BCUT2D eigenvalue weighted by molar-refractivity contribution is 9.09. The molecule has 0 fully saturated rings. The minimum atomic E-state index is -0.0172. The van der Waals surface area contributed by atoms with Gasteiger partial charge < -0.3 is 5.32 Å². The fourth-order valence-corrected chi connectivity index (χ4v) is 1.57. The highest BCUT2D eigenvalue weighted by atomic mass is 79.9. The molecule has 1 aromatic heterocycles. The molecular formula is C10H14BrN2O+. The number of hydrogen-bond donors (Lipinski definition) is 1. The van der Waals surface area contributed by atoms with Crippen LogP contribution in [0.25, 0.3) is 0 Å². The van der Waals surface area contributed by atoms with E-state index in [1.54, 1.807) is 0 Å². The van der Waals surface area contributed by atoms with Crippen LogP contribution in [0.3, 0.4) is 0 Å². The maximum Gasteiger partial charge on any atom is 0.257 e. The van der Waals surface area contributed by atoms with Gasteiger partial charge in [0.2, 0.25) is 0 Å². The molecule has 0 aliphatic carbocycles. The first-order chi connectivity index (χ1) is 6.77. The predicted octanol–water partition coefficient (Wildman–Crippen LogP) is 1.12. The molecule has 3 nitrogen and oxygen atoms in total. The first-order valence-electron chi connectivity index (χ1n) is 4.61. The Balaban J connectivity index is 2.77. The lowest BCUT2D eigenvalue weighted by Crippen LogP contribution is -2.36.